The van der Waals surface area contributed by atoms with Gasteiger partial charge in [0.1, 0.15) is 0 Å². The molecule has 0 aromatic heterocycles. The second-order valence-electron chi connectivity index (χ2n) is 6.74. The zero-order valence-corrected chi connectivity index (χ0v) is 14.2. The molecule has 1 aromatic carbocycles. The van der Waals surface area contributed by atoms with Gasteiger partial charge in [-0.25, -0.2) is 0 Å². The maximum atomic E-state index is 12.4. The Morgan fingerprint density at radius 2 is 1.91 bits per heavy atom. The lowest BCUT2D eigenvalue weighted by atomic mass is 9.79. The van der Waals surface area contributed by atoms with Crippen LogP contribution < -0.4 is 11.1 Å². The standard InChI is InChI=1S/C19H28N2O2/c1-3-4-5-14-6-8-15(9-7-14)19(23)21-16-10-11-17(18(20)22)13(2)12-16/h10-12,14-15H,3-9H2,1-2H3,(H2,20,22)(H,21,23). The second kappa shape index (κ2) is 8.14. The maximum absolute atomic E-state index is 12.4. The average Bonchev–Trinajstić information content (AvgIpc) is 2.53. The Morgan fingerprint density at radius 1 is 1.22 bits per heavy atom. The Labute approximate surface area is 138 Å². The van der Waals surface area contributed by atoms with Crippen LogP contribution in [0.1, 0.15) is 67.8 Å². The predicted molar refractivity (Wildman–Crippen MR) is 93.3 cm³/mol. The number of carbonyl (C=O) groups excluding carboxylic acids is 2. The Kier molecular flexibility index (Phi) is 6.20. The van der Waals surface area contributed by atoms with Crippen LogP contribution in [0.15, 0.2) is 18.2 Å². The number of rotatable bonds is 6. The minimum Gasteiger partial charge on any atom is -0.366 e. The fourth-order valence-electron chi connectivity index (χ4n) is 3.47. The Hall–Kier alpha value is -1.84. The van der Waals surface area contributed by atoms with E-state index >= 15 is 0 Å². The minimum absolute atomic E-state index is 0.102. The molecule has 0 unspecified atom stereocenters. The molecular formula is C19H28N2O2. The van der Waals surface area contributed by atoms with Gasteiger partial charge in [-0.3, -0.25) is 9.59 Å². The van der Waals surface area contributed by atoms with Gasteiger partial charge in [0.15, 0.2) is 0 Å². The molecule has 1 fully saturated rings. The summed E-state index contributed by atoms with van der Waals surface area (Å²) in [5.41, 5.74) is 7.34. The number of unbranched alkanes of at least 4 members (excludes halogenated alkanes) is 1. The molecule has 3 N–H and O–H groups in total. The van der Waals surface area contributed by atoms with E-state index in [1.807, 2.05) is 13.0 Å². The molecule has 1 aliphatic carbocycles. The number of primary amides is 1. The van der Waals surface area contributed by atoms with Gasteiger partial charge in [-0.2, -0.15) is 0 Å². The molecule has 2 amide bonds. The molecule has 0 spiro atoms. The van der Waals surface area contributed by atoms with Crippen molar-refractivity contribution in [3.63, 3.8) is 0 Å². The number of carbonyl (C=O) groups is 2. The highest BCUT2D eigenvalue weighted by molar-refractivity contribution is 5.96. The summed E-state index contributed by atoms with van der Waals surface area (Å²) in [6.07, 6.45) is 8.15. The van der Waals surface area contributed by atoms with Crippen molar-refractivity contribution in [2.75, 3.05) is 5.32 Å². The Bertz CT molecular complexity index is 560. The number of amides is 2. The molecule has 0 aliphatic heterocycles. The first-order valence-corrected chi connectivity index (χ1v) is 8.72. The quantitative estimate of drug-likeness (QED) is 0.831. The molecule has 0 atom stereocenters. The van der Waals surface area contributed by atoms with E-state index < -0.39 is 5.91 Å². The third-order valence-electron chi connectivity index (χ3n) is 4.94. The Morgan fingerprint density at radius 3 is 2.48 bits per heavy atom. The number of nitrogens with one attached hydrogen (secondary N) is 1. The van der Waals surface area contributed by atoms with Gasteiger partial charge in [-0.1, -0.05) is 26.2 Å². The SMILES string of the molecule is CCCCC1CCC(C(=O)Nc2ccc(C(N)=O)c(C)c2)CC1. The van der Waals surface area contributed by atoms with Crippen molar-refractivity contribution in [1.29, 1.82) is 0 Å². The molecule has 1 aromatic rings. The summed E-state index contributed by atoms with van der Waals surface area (Å²) in [5, 5.41) is 2.99. The molecule has 4 nitrogen and oxygen atoms in total. The number of hydrogen-bond donors (Lipinski definition) is 2. The van der Waals surface area contributed by atoms with Gasteiger partial charge in [0.2, 0.25) is 11.8 Å². The van der Waals surface area contributed by atoms with Crippen molar-refractivity contribution in [3.05, 3.63) is 29.3 Å². The van der Waals surface area contributed by atoms with Crippen LogP contribution in [-0.4, -0.2) is 11.8 Å². The van der Waals surface area contributed by atoms with E-state index in [0.29, 0.717) is 5.56 Å². The zero-order chi connectivity index (χ0) is 16.8. The Balaban J connectivity index is 1.88. The topological polar surface area (TPSA) is 72.2 Å². The van der Waals surface area contributed by atoms with Crippen LogP contribution >= 0.6 is 0 Å². The van der Waals surface area contributed by atoms with Gasteiger partial charge in [0, 0.05) is 17.2 Å². The van der Waals surface area contributed by atoms with Crippen molar-refractivity contribution < 1.29 is 9.59 Å². The van der Waals surface area contributed by atoms with Crippen molar-refractivity contribution in [2.45, 2.75) is 58.8 Å². The zero-order valence-electron chi connectivity index (χ0n) is 14.2. The van der Waals surface area contributed by atoms with Gasteiger partial charge in [0.05, 0.1) is 0 Å². The van der Waals surface area contributed by atoms with E-state index in [0.717, 1.165) is 42.9 Å². The van der Waals surface area contributed by atoms with Crippen molar-refractivity contribution in [2.24, 2.45) is 17.6 Å². The fraction of sp³-hybridized carbons (Fsp3) is 0.579. The van der Waals surface area contributed by atoms with E-state index in [2.05, 4.69) is 12.2 Å². The lowest BCUT2D eigenvalue weighted by Crippen LogP contribution is -2.27. The number of aryl methyl sites for hydroxylation is 1. The number of anilines is 1. The minimum atomic E-state index is -0.439. The molecule has 23 heavy (non-hydrogen) atoms. The molecule has 1 aliphatic rings. The normalized spacial score (nSPS) is 21.0. The van der Waals surface area contributed by atoms with Crippen molar-refractivity contribution >= 4 is 17.5 Å². The first kappa shape index (κ1) is 17.5. The molecule has 1 saturated carbocycles. The van der Waals surface area contributed by atoms with E-state index in [-0.39, 0.29) is 11.8 Å². The third-order valence-corrected chi connectivity index (χ3v) is 4.94. The smallest absolute Gasteiger partial charge is 0.248 e. The lowest BCUT2D eigenvalue weighted by Gasteiger charge is -2.27. The lowest BCUT2D eigenvalue weighted by molar-refractivity contribution is -0.121. The van der Waals surface area contributed by atoms with Crippen LogP contribution in [0.25, 0.3) is 0 Å². The highest BCUT2D eigenvalue weighted by Gasteiger charge is 2.26. The summed E-state index contributed by atoms with van der Waals surface area (Å²) >= 11 is 0. The second-order valence-corrected chi connectivity index (χ2v) is 6.74. The first-order valence-electron chi connectivity index (χ1n) is 8.72. The summed E-state index contributed by atoms with van der Waals surface area (Å²) in [6.45, 7) is 4.05. The largest absolute Gasteiger partial charge is 0.366 e. The van der Waals surface area contributed by atoms with Crippen LogP contribution in [0.5, 0.6) is 0 Å². The highest BCUT2D eigenvalue weighted by atomic mass is 16.2. The number of benzene rings is 1. The maximum Gasteiger partial charge on any atom is 0.248 e. The molecule has 4 heteroatoms. The summed E-state index contributed by atoms with van der Waals surface area (Å²) in [5.74, 6) is 0.580. The van der Waals surface area contributed by atoms with Crippen molar-refractivity contribution in [3.8, 4) is 0 Å². The number of hydrogen-bond acceptors (Lipinski definition) is 2. The molecular weight excluding hydrogens is 288 g/mol. The summed E-state index contributed by atoms with van der Waals surface area (Å²) in [4.78, 5) is 23.7. The average molecular weight is 316 g/mol. The molecule has 0 saturated heterocycles. The van der Waals surface area contributed by atoms with E-state index in [9.17, 15) is 9.59 Å². The molecule has 2 rings (SSSR count). The first-order chi connectivity index (χ1) is 11.0. The third kappa shape index (κ3) is 4.81. The van der Waals surface area contributed by atoms with Crippen LogP contribution in [0.3, 0.4) is 0 Å². The van der Waals surface area contributed by atoms with Gasteiger partial charge in [-0.05, 0) is 62.3 Å². The molecule has 126 valence electrons. The molecule has 0 radical (unpaired) electrons. The fourth-order valence-corrected chi connectivity index (χ4v) is 3.47. The van der Waals surface area contributed by atoms with Crippen LogP contribution in [0, 0.1) is 18.8 Å². The predicted octanol–water partition coefficient (Wildman–Crippen LogP) is 4.03. The van der Waals surface area contributed by atoms with Gasteiger partial charge in [-0.15, -0.1) is 0 Å². The van der Waals surface area contributed by atoms with Gasteiger partial charge in [0.25, 0.3) is 0 Å². The van der Waals surface area contributed by atoms with Crippen LogP contribution in [-0.2, 0) is 4.79 Å². The summed E-state index contributed by atoms with van der Waals surface area (Å²) in [6, 6.07) is 5.23. The monoisotopic (exact) mass is 316 g/mol. The van der Waals surface area contributed by atoms with Crippen LogP contribution in [0.4, 0.5) is 5.69 Å². The van der Waals surface area contributed by atoms with Crippen LogP contribution in [0.2, 0.25) is 0 Å². The summed E-state index contributed by atoms with van der Waals surface area (Å²) < 4.78 is 0. The van der Waals surface area contributed by atoms with E-state index in [1.54, 1.807) is 12.1 Å². The van der Waals surface area contributed by atoms with Gasteiger partial charge >= 0.3 is 0 Å². The van der Waals surface area contributed by atoms with Gasteiger partial charge < -0.3 is 11.1 Å². The van der Waals surface area contributed by atoms with E-state index in [1.165, 1.54) is 19.3 Å². The van der Waals surface area contributed by atoms with E-state index in [4.69, 9.17) is 5.73 Å². The summed E-state index contributed by atoms with van der Waals surface area (Å²) in [7, 11) is 0. The van der Waals surface area contributed by atoms with Crippen molar-refractivity contribution in [1.82, 2.24) is 0 Å². The molecule has 0 bridgehead atoms. The molecule has 0 heterocycles. The number of nitrogens with two attached hydrogens (primary N) is 1. The highest BCUT2D eigenvalue weighted by Crippen LogP contribution is 2.32.